The predicted molar refractivity (Wildman–Crippen MR) is 68.2 cm³/mol. The Morgan fingerprint density at radius 3 is 2.68 bits per heavy atom. The molecular formula is C12H21N3O4. The molecule has 0 aromatic heterocycles. The molecule has 0 spiro atoms. The molecule has 0 aromatic carbocycles. The highest BCUT2D eigenvalue weighted by Gasteiger charge is 2.28. The van der Waals surface area contributed by atoms with Crippen molar-refractivity contribution in [1.29, 1.82) is 0 Å². The van der Waals surface area contributed by atoms with E-state index in [1.807, 2.05) is 11.9 Å². The van der Waals surface area contributed by atoms with Gasteiger partial charge in [-0.3, -0.25) is 9.59 Å². The van der Waals surface area contributed by atoms with Gasteiger partial charge in [-0.15, -0.1) is 0 Å². The number of nitrogens with two attached hydrogens (primary N) is 1. The van der Waals surface area contributed by atoms with Gasteiger partial charge in [-0.1, -0.05) is 0 Å². The van der Waals surface area contributed by atoms with Gasteiger partial charge in [0.1, 0.15) is 6.04 Å². The van der Waals surface area contributed by atoms with E-state index >= 15 is 0 Å². The number of amides is 2. The van der Waals surface area contributed by atoms with E-state index in [-0.39, 0.29) is 24.7 Å². The zero-order chi connectivity index (χ0) is 14.4. The molecule has 7 nitrogen and oxygen atoms in total. The van der Waals surface area contributed by atoms with Crippen molar-refractivity contribution in [3.8, 4) is 0 Å². The second-order valence-corrected chi connectivity index (χ2v) is 5.01. The second kappa shape index (κ2) is 7.08. The fraction of sp³-hybridized carbons (Fsp3) is 0.750. The van der Waals surface area contributed by atoms with Crippen molar-refractivity contribution < 1.29 is 19.5 Å². The monoisotopic (exact) mass is 271 g/mol. The third kappa shape index (κ3) is 5.25. The molecule has 1 unspecified atom stereocenters. The Kier molecular flexibility index (Phi) is 5.75. The fourth-order valence-corrected chi connectivity index (χ4v) is 2.21. The van der Waals surface area contributed by atoms with Crippen molar-refractivity contribution in [3.63, 3.8) is 0 Å². The minimum Gasteiger partial charge on any atom is -0.480 e. The average Bonchev–Trinajstić information content (AvgIpc) is 2.33. The number of hydrogen-bond acceptors (Lipinski definition) is 4. The first-order valence-corrected chi connectivity index (χ1v) is 6.40. The Balaban J connectivity index is 2.50. The summed E-state index contributed by atoms with van der Waals surface area (Å²) in [5, 5.41) is 11.5. The maximum Gasteiger partial charge on any atom is 0.326 e. The van der Waals surface area contributed by atoms with Crippen LogP contribution in [0.2, 0.25) is 0 Å². The van der Waals surface area contributed by atoms with Crippen molar-refractivity contribution in [1.82, 2.24) is 10.2 Å². The lowest BCUT2D eigenvalue weighted by atomic mass is 9.97. The summed E-state index contributed by atoms with van der Waals surface area (Å²) in [6.45, 7) is 1.59. The number of hydrogen-bond donors (Lipinski definition) is 3. The molecule has 0 saturated carbocycles. The van der Waals surface area contributed by atoms with E-state index in [1.165, 1.54) is 0 Å². The third-order valence-corrected chi connectivity index (χ3v) is 3.29. The van der Waals surface area contributed by atoms with Gasteiger partial charge in [0.25, 0.3) is 0 Å². The maximum atomic E-state index is 12.0. The van der Waals surface area contributed by atoms with Gasteiger partial charge in [-0.05, 0) is 32.9 Å². The number of primary amides is 1. The summed E-state index contributed by atoms with van der Waals surface area (Å²) < 4.78 is 0. The number of aliphatic carboxylic acids is 1. The number of nitrogens with one attached hydrogen (secondary N) is 1. The largest absolute Gasteiger partial charge is 0.480 e. The van der Waals surface area contributed by atoms with Crippen molar-refractivity contribution >= 4 is 17.8 Å². The molecule has 0 aromatic rings. The van der Waals surface area contributed by atoms with E-state index in [1.54, 1.807) is 0 Å². The smallest absolute Gasteiger partial charge is 0.326 e. The lowest BCUT2D eigenvalue weighted by Gasteiger charge is -2.29. The van der Waals surface area contributed by atoms with E-state index in [4.69, 9.17) is 10.8 Å². The van der Waals surface area contributed by atoms with Gasteiger partial charge in [0.05, 0.1) is 5.92 Å². The summed E-state index contributed by atoms with van der Waals surface area (Å²) in [5.74, 6) is -2.16. The Morgan fingerprint density at radius 1 is 1.47 bits per heavy atom. The normalized spacial score (nSPS) is 21.6. The highest BCUT2D eigenvalue weighted by molar-refractivity contribution is 5.85. The molecular weight excluding hydrogens is 250 g/mol. The van der Waals surface area contributed by atoms with Crippen molar-refractivity contribution in [3.05, 3.63) is 0 Å². The van der Waals surface area contributed by atoms with E-state index in [0.717, 1.165) is 19.4 Å². The highest BCUT2D eigenvalue weighted by Crippen LogP contribution is 2.15. The number of piperidine rings is 1. The molecule has 2 atom stereocenters. The Bertz CT molecular complexity index is 359. The molecule has 0 bridgehead atoms. The van der Waals surface area contributed by atoms with Gasteiger partial charge in [0.2, 0.25) is 11.8 Å². The average molecular weight is 271 g/mol. The summed E-state index contributed by atoms with van der Waals surface area (Å²) >= 11 is 0. The van der Waals surface area contributed by atoms with Gasteiger partial charge in [-0.25, -0.2) is 4.79 Å². The minimum atomic E-state index is -1.14. The number of carboxylic acids is 1. The third-order valence-electron chi connectivity index (χ3n) is 3.29. The van der Waals surface area contributed by atoms with Gasteiger partial charge in [0.15, 0.2) is 0 Å². The Hall–Kier alpha value is -1.63. The van der Waals surface area contributed by atoms with Crippen LogP contribution in [0.1, 0.15) is 25.7 Å². The molecule has 1 saturated heterocycles. The zero-order valence-corrected chi connectivity index (χ0v) is 11.1. The van der Waals surface area contributed by atoms with E-state index in [0.29, 0.717) is 6.54 Å². The molecule has 1 aliphatic rings. The summed E-state index contributed by atoms with van der Waals surface area (Å²) in [4.78, 5) is 35.7. The predicted octanol–water partition coefficient (Wildman–Crippen LogP) is -0.837. The number of nitrogens with zero attached hydrogens (tertiary/aromatic N) is 1. The van der Waals surface area contributed by atoms with Crippen LogP contribution in [0.3, 0.4) is 0 Å². The van der Waals surface area contributed by atoms with Crippen LogP contribution in [0.4, 0.5) is 0 Å². The molecule has 0 aliphatic carbocycles. The van der Waals surface area contributed by atoms with Crippen LogP contribution in [-0.2, 0) is 14.4 Å². The van der Waals surface area contributed by atoms with Gasteiger partial charge >= 0.3 is 5.97 Å². The van der Waals surface area contributed by atoms with Gasteiger partial charge in [-0.2, -0.15) is 0 Å². The molecule has 1 heterocycles. The van der Waals surface area contributed by atoms with E-state index in [2.05, 4.69) is 5.32 Å². The lowest BCUT2D eigenvalue weighted by Crippen LogP contribution is -2.47. The highest BCUT2D eigenvalue weighted by atomic mass is 16.4. The van der Waals surface area contributed by atoms with Crippen LogP contribution in [0.15, 0.2) is 0 Å². The maximum absolute atomic E-state index is 12.0. The standard InChI is InChI=1S/C12H21N3O4/c1-15-6-2-3-8(7-15)11(17)14-9(12(18)19)4-5-10(13)16/h8-9H,2-7H2,1H3,(H2,13,16)(H,14,17)(H,18,19)/t8?,9-/m0/s1. The molecule has 0 radical (unpaired) electrons. The molecule has 1 aliphatic heterocycles. The quantitative estimate of drug-likeness (QED) is 0.583. The van der Waals surface area contributed by atoms with Crippen LogP contribution < -0.4 is 11.1 Å². The number of carbonyl (C=O) groups excluding carboxylic acids is 2. The van der Waals surface area contributed by atoms with E-state index in [9.17, 15) is 14.4 Å². The molecule has 7 heteroatoms. The summed E-state index contributed by atoms with van der Waals surface area (Å²) in [7, 11) is 1.93. The summed E-state index contributed by atoms with van der Waals surface area (Å²) in [6.07, 6.45) is 1.66. The molecule has 2 amide bonds. The SMILES string of the molecule is CN1CCCC(C(=O)N[C@@H](CCC(N)=O)C(=O)O)C1. The van der Waals surface area contributed by atoms with Crippen LogP contribution >= 0.6 is 0 Å². The fourth-order valence-electron chi connectivity index (χ4n) is 2.21. The summed E-state index contributed by atoms with van der Waals surface area (Å²) in [6, 6.07) is -1.05. The topological polar surface area (TPSA) is 113 Å². The van der Waals surface area contributed by atoms with Crippen molar-refractivity contribution in [2.45, 2.75) is 31.7 Å². The molecule has 1 rings (SSSR count). The zero-order valence-electron chi connectivity index (χ0n) is 11.1. The molecule has 108 valence electrons. The number of rotatable bonds is 6. The Morgan fingerprint density at radius 2 is 2.16 bits per heavy atom. The minimum absolute atomic E-state index is 0.0268. The van der Waals surface area contributed by atoms with Crippen molar-refractivity contribution in [2.24, 2.45) is 11.7 Å². The van der Waals surface area contributed by atoms with Crippen LogP contribution in [0.5, 0.6) is 0 Å². The Labute approximate surface area is 112 Å². The van der Waals surface area contributed by atoms with E-state index < -0.39 is 17.9 Å². The number of carbonyl (C=O) groups is 3. The molecule has 4 N–H and O–H groups in total. The first kappa shape index (κ1) is 15.4. The first-order chi connectivity index (χ1) is 8.90. The van der Waals surface area contributed by atoms with Crippen LogP contribution in [0.25, 0.3) is 0 Å². The first-order valence-electron chi connectivity index (χ1n) is 6.40. The van der Waals surface area contributed by atoms with Crippen molar-refractivity contribution in [2.75, 3.05) is 20.1 Å². The lowest BCUT2D eigenvalue weighted by molar-refractivity contribution is -0.143. The van der Waals surface area contributed by atoms with Gasteiger partial charge < -0.3 is 21.1 Å². The molecule has 1 fully saturated rings. The van der Waals surface area contributed by atoms with Crippen LogP contribution in [-0.4, -0.2) is 54.0 Å². The number of likely N-dealkylation sites (tertiary alicyclic amines) is 1. The number of carboxylic acid groups (broad SMARTS) is 1. The van der Waals surface area contributed by atoms with Gasteiger partial charge in [0, 0.05) is 13.0 Å². The summed E-state index contributed by atoms with van der Waals surface area (Å²) in [5.41, 5.74) is 4.98. The second-order valence-electron chi connectivity index (χ2n) is 5.01. The van der Waals surface area contributed by atoms with Crippen LogP contribution in [0, 0.1) is 5.92 Å². The molecule has 19 heavy (non-hydrogen) atoms.